The first-order valence-corrected chi connectivity index (χ1v) is 4.16. The highest BCUT2D eigenvalue weighted by atomic mass is 17.2. The number of esters is 1. The second-order valence-corrected chi connectivity index (χ2v) is 3.67. The zero-order valence-electron chi connectivity index (χ0n) is 8.37. The van der Waals surface area contributed by atoms with Gasteiger partial charge in [-0.1, -0.05) is 0 Å². The van der Waals surface area contributed by atoms with Crippen molar-refractivity contribution in [1.82, 2.24) is 0 Å². The van der Waals surface area contributed by atoms with Gasteiger partial charge in [0.05, 0.1) is 0 Å². The summed E-state index contributed by atoms with van der Waals surface area (Å²) in [4.78, 5) is 20.4. The fourth-order valence-corrected chi connectivity index (χ4v) is 0.502. The molecule has 0 fully saturated rings. The Morgan fingerprint density at radius 3 is 2.57 bits per heavy atom. The molecule has 0 saturated heterocycles. The third-order valence-electron chi connectivity index (χ3n) is 1.09. The van der Waals surface area contributed by atoms with E-state index in [2.05, 4.69) is 15.4 Å². The highest BCUT2D eigenvalue weighted by Gasteiger charge is 2.13. The monoisotopic (exact) mass is 196 g/mol. The predicted octanol–water partition coefficient (Wildman–Crippen LogP) is 1.84. The SMILES string of the molecule is CC(C)(C)OO/C=C\OC(=O)C1=C=C1. The summed E-state index contributed by atoms with van der Waals surface area (Å²) in [5.41, 5.74) is 2.67. The van der Waals surface area contributed by atoms with Gasteiger partial charge in [-0.3, -0.25) is 0 Å². The molecule has 0 N–H and O–H groups in total. The van der Waals surface area contributed by atoms with Crippen LogP contribution in [-0.2, 0) is 19.3 Å². The number of carbonyl (C=O) groups excluding carboxylic acids is 1. The molecule has 0 aromatic heterocycles. The molecule has 0 unspecified atom stereocenters. The maximum Gasteiger partial charge on any atom is 0.351 e. The van der Waals surface area contributed by atoms with Crippen molar-refractivity contribution in [3.63, 3.8) is 0 Å². The van der Waals surface area contributed by atoms with Crippen LogP contribution >= 0.6 is 0 Å². The van der Waals surface area contributed by atoms with Crippen LogP contribution in [0.1, 0.15) is 20.8 Å². The van der Waals surface area contributed by atoms with Gasteiger partial charge in [0.2, 0.25) is 0 Å². The highest BCUT2D eigenvalue weighted by Crippen LogP contribution is 2.09. The molecule has 76 valence electrons. The molecule has 0 heterocycles. The molecule has 0 spiro atoms. The van der Waals surface area contributed by atoms with E-state index >= 15 is 0 Å². The van der Waals surface area contributed by atoms with Crippen molar-refractivity contribution in [2.75, 3.05) is 0 Å². The van der Waals surface area contributed by atoms with Crippen LogP contribution < -0.4 is 0 Å². The zero-order chi connectivity index (χ0) is 10.6. The molecular formula is C10H12O4. The number of ether oxygens (including phenoxy) is 1. The highest BCUT2D eigenvalue weighted by molar-refractivity contribution is 5.95. The molecule has 1 aliphatic rings. The summed E-state index contributed by atoms with van der Waals surface area (Å²) in [7, 11) is 0. The van der Waals surface area contributed by atoms with E-state index in [-0.39, 0.29) is 0 Å². The van der Waals surface area contributed by atoms with Crippen molar-refractivity contribution in [2.45, 2.75) is 26.4 Å². The zero-order valence-corrected chi connectivity index (χ0v) is 8.37. The lowest BCUT2D eigenvalue weighted by molar-refractivity contribution is -0.311. The molecule has 0 bridgehead atoms. The van der Waals surface area contributed by atoms with Crippen LogP contribution in [0.2, 0.25) is 0 Å². The van der Waals surface area contributed by atoms with Crippen molar-refractivity contribution in [1.29, 1.82) is 0 Å². The summed E-state index contributed by atoms with van der Waals surface area (Å²) in [6, 6.07) is 0. The van der Waals surface area contributed by atoms with Gasteiger partial charge in [-0.2, -0.15) is 4.89 Å². The summed E-state index contributed by atoms with van der Waals surface area (Å²) in [5, 5.41) is 0. The second kappa shape index (κ2) is 4.13. The second-order valence-electron chi connectivity index (χ2n) is 3.67. The Morgan fingerprint density at radius 2 is 2.07 bits per heavy atom. The van der Waals surface area contributed by atoms with Gasteiger partial charge in [-0.25, -0.2) is 4.79 Å². The van der Waals surface area contributed by atoms with Crippen LogP contribution in [0.15, 0.2) is 29.9 Å². The van der Waals surface area contributed by atoms with Gasteiger partial charge in [-0.15, -0.1) is 5.73 Å². The molecule has 0 aromatic carbocycles. The maximum atomic E-state index is 10.9. The molecule has 1 rings (SSSR count). The van der Waals surface area contributed by atoms with Crippen molar-refractivity contribution < 1.29 is 19.3 Å². The minimum Gasteiger partial charge on any atom is -0.427 e. The van der Waals surface area contributed by atoms with E-state index < -0.39 is 11.6 Å². The smallest absolute Gasteiger partial charge is 0.351 e. The van der Waals surface area contributed by atoms with Gasteiger partial charge in [-0.05, 0) is 20.8 Å². The van der Waals surface area contributed by atoms with Gasteiger partial charge in [0, 0.05) is 6.08 Å². The van der Waals surface area contributed by atoms with Gasteiger partial charge < -0.3 is 9.62 Å². The third kappa shape index (κ3) is 4.50. The average Bonchev–Trinajstić information content (AvgIpc) is 2.83. The van der Waals surface area contributed by atoms with E-state index in [1.807, 2.05) is 20.8 Å². The Hall–Kier alpha value is -1.51. The molecule has 0 aliphatic heterocycles. The van der Waals surface area contributed by atoms with Crippen LogP contribution in [0.4, 0.5) is 0 Å². The molecule has 0 atom stereocenters. The fourth-order valence-electron chi connectivity index (χ4n) is 0.502. The van der Waals surface area contributed by atoms with Crippen LogP contribution in [0.3, 0.4) is 0 Å². The van der Waals surface area contributed by atoms with Crippen LogP contribution in [-0.4, -0.2) is 11.6 Å². The standard InChI is InChI=1S/C10H12O4/c1-10(2,3)14-13-7-6-12-9(11)8-4-5-8/h4,6-7H,1-3H3/b7-6-. The maximum absolute atomic E-state index is 10.9. The third-order valence-corrected chi connectivity index (χ3v) is 1.09. The fraction of sp³-hybridized carbons (Fsp3) is 0.400. The van der Waals surface area contributed by atoms with E-state index in [9.17, 15) is 4.79 Å². The Bertz CT molecular complexity index is 314. The lowest BCUT2D eigenvalue weighted by atomic mass is 10.2. The van der Waals surface area contributed by atoms with E-state index in [1.165, 1.54) is 0 Å². The first-order chi connectivity index (χ1) is 6.49. The van der Waals surface area contributed by atoms with Crippen molar-refractivity contribution in [3.05, 3.63) is 29.9 Å². The summed E-state index contributed by atoms with van der Waals surface area (Å²) < 4.78 is 4.63. The minimum absolute atomic E-state index is 0.394. The molecule has 4 heteroatoms. The Kier molecular flexibility index (Phi) is 3.12. The van der Waals surface area contributed by atoms with E-state index in [4.69, 9.17) is 4.89 Å². The van der Waals surface area contributed by atoms with E-state index in [1.54, 1.807) is 6.08 Å². The van der Waals surface area contributed by atoms with Crippen molar-refractivity contribution >= 4 is 5.97 Å². The number of carbonyl (C=O) groups is 1. The van der Waals surface area contributed by atoms with Crippen LogP contribution in [0.5, 0.6) is 0 Å². The normalized spacial score (nSPS) is 14.1. The van der Waals surface area contributed by atoms with E-state index in [0.29, 0.717) is 5.57 Å². The van der Waals surface area contributed by atoms with Gasteiger partial charge in [0.25, 0.3) is 0 Å². The largest absolute Gasteiger partial charge is 0.427 e. The van der Waals surface area contributed by atoms with E-state index in [0.717, 1.165) is 12.5 Å². The molecule has 0 aromatic rings. The molecule has 4 nitrogen and oxygen atoms in total. The Morgan fingerprint density at radius 1 is 1.43 bits per heavy atom. The van der Waals surface area contributed by atoms with Gasteiger partial charge in [0.15, 0.2) is 6.26 Å². The summed E-state index contributed by atoms with van der Waals surface area (Å²) in [5.74, 6) is -0.444. The quantitative estimate of drug-likeness (QED) is 0.226. The number of hydrogen-bond acceptors (Lipinski definition) is 4. The summed E-state index contributed by atoms with van der Waals surface area (Å²) in [6.45, 7) is 5.52. The average molecular weight is 196 g/mol. The lowest BCUT2D eigenvalue weighted by Crippen LogP contribution is -2.17. The molecule has 0 amide bonds. The topological polar surface area (TPSA) is 44.8 Å². The molecule has 0 saturated carbocycles. The van der Waals surface area contributed by atoms with Gasteiger partial charge >= 0.3 is 5.97 Å². The van der Waals surface area contributed by atoms with Crippen molar-refractivity contribution in [3.8, 4) is 0 Å². The van der Waals surface area contributed by atoms with Gasteiger partial charge in [0.1, 0.15) is 17.4 Å². The molecule has 1 aliphatic carbocycles. The summed E-state index contributed by atoms with van der Waals surface area (Å²) >= 11 is 0. The van der Waals surface area contributed by atoms with Crippen molar-refractivity contribution in [2.24, 2.45) is 0 Å². The molecular weight excluding hydrogens is 184 g/mol. The minimum atomic E-state index is -0.444. The Balaban J connectivity index is 2.09. The lowest BCUT2D eigenvalue weighted by Gasteiger charge is -2.15. The first-order valence-electron chi connectivity index (χ1n) is 4.16. The molecule has 14 heavy (non-hydrogen) atoms. The predicted molar refractivity (Wildman–Crippen MR) is 48.8 cm³/mol. The molecule has 0 radical (unpaired) electrons. The summed E-state index contributed by atoms with van der Waals surface area (Å²) in [6.07, 6.45) is 3.82. The first kappa shape index (κ1) is 10.6. The number of rotatable bonds is 4. The van der Waals surface area contributed by atoms with Crippen LogP contribution in [0, 0.1) is 0 Å². The van der Waals surface area contributed by atoms with Crippen LogP contribution in [0.25, 0.3) is 0 Å². The number of hydrogen-bond donors (Lipinski definition) is 0. The Labute approximate surface area is 82.4 Å².